The maximum Gasteiger partial charge on any atom is 0.349 e. The molecule has 0 aromatic heterocycles. The minimum atomic E-state index is -2.33. The standard InChI is InChI=1S/C20H40O3Si/c1-8-9-10-11-12-16-13-14-17-18(22-16)15-21-24(23-17,19(2,3)4)20(5,6)7/h16-18H,8-15H2,1-7H3/t16-,17-,18+/m0/s1. The molecular weight excluding hydrogens is 316 g/mol. The summed E-state index contributed by atoms with van der Waals surface area (Å²) in [6.07, 6.45) is 9.52. The first-order valence-corrected chi connectivity index (χ1v) is 11.9. The molecule has 2 aliphatic rings. The summed E-state index contributed by atoms with van der Waals surface area (Å²) in [7, 11) is -2.33. The third kappa shape index (κ3) is 4.25. The molecule has 0 bridgehead atoms. The molecule has 2 heterocycles. The van der Waals surface area contributed by atoms with Crippen LogP contribution in [0.3, 0.4) is 0 Å². The predicted octanol–water partition coefficient (Wildman–Crippen LogP) is 5.96. The van der Waals surface area contributed by atoms with Crippen LogP contribution in [0.5, 0.6) is 0 Å². The average Bonchev–Trinajstić information content (AvgIpc) is 2.48. The van der Waals surface area contributed by atoms with Crippen LogP contribution in [0.2, 0.25) is 10.1 Å². The first-order valence-electron chi connectivity index (χ1n) is 10.1. The molecular formula is C20H40O3Si. The van der Waals surface area contributed by atoms with Gasteiger partial charge in [0.25, 0.3) is 0 Å². The van der Waals surface area contributed by atoms with Crippen LogP contribution < -0.4 is 0 Å². The number of rotatable bonds is 5. The first-order chi connectivity index (χ1) is 11.1. The molecule has 0 unspecified atom stereocenters. The monoisotopic (exact) mass is 356 g/mol. The number of unbranched alkanes of at least 4 members (excludes halogenated alkanes) is 3. The molecule has 0 radical (unpaired) electrons. The molecule has 2 aliphatic heterocycles. The van der Waals surface area contributed by atoms with Gasteiger partial charge in [0.1, 0.15) is 6.10 Å². The van der Waals surface area contributed by atoms with E-state index in [1.54, 1.807) is 0 Å². The van der Waals surface area contributed by atoms with Gasteiger partial charge in [-0.2, -0.15) is 0 Å². The highest BCUT2D eigenvalue weighted by Gasteiger charge is 2.62. The van der Waals surface area contributed by atoms with Crippen molar-refractivity contribution in [1.82, 2.24) is 0 Å². The molecule has 0 aliphatic carbocycles. The van der Waals surface area contributed by atoms with Crippen LogP contribution in [-0.2, 0) is 13.6 Å². The van der Waals surface area contributed by atoms with Gasteiger partial charge < -0.3 is 13.6 Å². The molecule has 0 saturated carbocycles. The minimum absolute atomic E-state index is 0.0627. The third-order valence-electron chi connectivity index (χ3n) is 5.68. The van der Waals surface area contributed by atoms with Gasteiger partial charge in [0.2, 0.25) is 0 Å². The predicted molar refractivity (Wildman–Crippen MR) is 103 cm³/mol. The lowest BCUT2D eigenvalue weighted by molar-refractivity contribution is -0.163. The summed E-state index contributed by atoms with van der Waals surface area (Å²) in [5, 5.41) is 0.125. The van der Waals surface area contributed by atoms with Gasteiger partial charge in [-0.25, -0.2) is 0 Å². The van der Waals surface area contributed by atoms with Crippen LogP contribution in [0.1, 0.15) is 93.4 Å². The van der Waals surface area contributed by atoms with Crippen molar-refractivity contribution in [3.63, 3.8) is 0 Å². The van der Waals surface area contributed by atoms with E-state index in [9.17, 15) is 0 Å². The Morgan fingerprint density at radius 3 is 2.12 bits per heavy atom. The topological polar surface area (TPSA) is 27.7 Å². The summed E-state index contributed by atoms with van der Waals surface area (Å²) in [6, 6.07) is 0. The Kier molecular flexibility index (Phi) is 6.61. The number of hydrogen-bond acceptors (Lipinski definition) is 3. The molecule has 0 N–H and O–H groups in total. The highest BCUT2D eigenvalue weighted by molar-refractivity contribution is 6.73. The van der Waals surface area contributed by atoms with E-state index >= 15 is 0 Å². The lowest BCUT2D eigenvalue weighted by Gasteiger charge is -2.56. The summed E-state index contributed by atoms with van der Waals surface area (Å²) in [5.41, 5.74) is 0. The van der Waals surface area contributed by atoms with Crippen LogP contribution in [0.4, 0.5) is 0 Å². The largest absolute Gasteiger partial charge is 0.391 e. The van der Waals surface area contributed by atoms with Crippen molar-refractivity contribution in [2.45, 2.75) is 122 Å². The second-order valence-electron chi connectivity index (χ2n) is 9.81. The van der Waals surface area contributed by atoms with Gasteiger partial charge in [0.15, 0.2) is 0 Å². The normalized spacial score (nSPS) is 30.9. The molecule has 24 heavy (non-hydrogen) atoms. The minimum Gasteiger partial charge on any atom is -0.391 e. The SMILES string of the molecule is CCCCCC[C@H]1CC[C@@H]2O[Si](C(C)(C)C)(C(C)(C)C)OC[C@H]2O1. The molecule has 2 rings (SSSR count). The Morgan fingerprint density at radius 2 is 1.54 bits per heavy atom. The molecule has 0 aromatic carbocycles. The number of ether oxygens (including phenoxy) is 1. The Morgan fingerprint density at radius 1 is 0.875 bits per heavy atom. The number of hydrogen-bond donors (Lipinski definition) is 0. The van der Waals surface area contributed by atoms with E-state index in [0.717, 1.165) is 19.4 Å². The fraction of sp³-hybridized carbons (Fsp3) is 1.00. The van der Waals surface area contributed by atoms with Gasteiger partial charge >= 0.3 is 8.56 Å². The summed E-state index contributed by atoms with van der Waals surface area (Å²) >= 11 is 0. The van der Waals surface area contributed by atoms with Crippen molar-refractivity contribution in [2.24, 2.45) is 0 Å². The van der Waals surface area contributed by atoms with E-state index in [2.05, 4.69) is 48.5 Å². The van der Waals surface area contributed by atoms with Gasteiger partial charge in [-0.3, -0.25) is 0 Å². The molecule has 142 valence electrons. The third-order valence-corrected chi connectivity index (χ3v) is 10.8. The summed E-state index contributed by atoms with van der Waals surface area (Å²) in [4.78, 5) is 0. The smallest absolute Gasteiger partial charge is 0.349 e. The van der Waals surface area contributed by atoms with Crippen LogP contribution in [0.15, 0.2) is 0 Å². The van der Waals surface area contributed by atoms with E-state index < -0.39 is 8.56 Å². The molecule has 3 nitrogen and oxygen atoms in total. The van der Waals surface area contributed by atoms with Crippen molar-refractivity contribution >= 4 is 8.56 Å². The van der Waals surface area contributed by atoms with E-state index in [-0.39, 0.29) is 22.3 Å². The Hall–Kier alpha value is 0.0969. The van der Waals surface area contributed by atoms with Crippen LogP contribution in [-0.4, -0.2) is 33.5 Å². The zero-order valence-corrected chi connectivity index (χ0v) is 18.1. The van der Waals surface area contributed by atoms with Gasteiger partial charge in [0, 0.05) is 10.1 Å². The van der Waals surface area contributed by atoms with E-state index in [4.69, 9.17) is 13.6 Å². The van der Waals surface area contributed by atoms with Crippen molar-refractivity contribution in [2.75, 3.05) is 6.61 Å². The van der Waals surface area contributed by atoms with Crippen LogP contribution in [0, 0.1) is 0 Å². The lowest BCUT2D eigenvalue weighted by Crippen LogP contribution is -2.66. The summed E-state index contributed by atoms with van der Waals surface area (Å²) in [6.45, 7) is 16.7. The second kappa shape index (κ2) is 7.77. The molecule has 0 spiro atoms. The Bertz CT molecular complexity index is 383. The molecule has 3 atom stereocenters. The van der Waals surface area contributed by atoms with Crippen molar-refractivity contribution in [3.8, 4) is 0 Å². The van der Waals surface area contributed by atoms with E-state index in [0.29, 0.717) is 6.10 Å². The van der Waals surface area contributed by atoms with Gasteiger partial charge in [0.05, 0.1) is 18.8 Å². The van der Waals surface area contributed by atoms with Crippen molar-refractivity contribution < 1.29 is 13.6 Å². The Balaban J connectivity index is 1.96. The van der Waals surface area contributed by atoms with Crippen molar-refractivity contribution in [1.29, 1.82) is 0 Å². The van der Waals surface area contributed by atoms with Gasteiger partial charge in [-0.1, -0.05) is 74.1 Å². The lowest BCUT2D eigenvalue weighted by atomic mass is 9.97. The van der Waals surface area contributed by atoms with Crippen LogP contribution in [0.25, 0.3) is 0 Å². The molecule has 2 saturated heterocycles. The first kappa shape index (κ1) is 20.4. The highest BCUT2D eigenvalue weighted by atomic mass is 28.4. The second-order valence-corrected chi connectivity index (χ2v) is 14.6. The molecule has 2 fully saturated rings. The Labute approximate surface area is 151 Å². The quantitative estimate of drug-likeness (QED) is 0.449. The summed E-state index contributed by atoms with van der Waals surface area (Å²) < 4.78 is 19.7. The number of fused-ring (bicyclic) bond motifs is 1. The highest BCUT2D eigenvalue weighted by Crippen LogP contribution is 2.55. The molecule has 0 amide bonds. The molecule has 0 aromatic rings. The fourth-order valence-electron chi connectivity index (χ4n) is 4.59. The van der Waals surface area contributed by atoms with E-state index in [1.807, 2.05) is 0 Å². The fourth-order valence-corrected chi connectivity index (χ4v) is 9.58. The van der Waals surface area contributed by atoms with Crippen LogP contribution >= 0.6 is 0 Å². The van der Waals surface area contributed by atoms with E-state index in [1.165, 1.54) is 32.1 Å². The summed E-state index contributed by atoms with van der Waals surface area (Å²) in [5.74, 6) is 0. The van der Waals surface area contributed by atoms with Gasteiger partial charge in [-0.15, -0.1) is 0 Å². The maximum atomic E-state index is 6.79. The maximum absolute atomic E-state index is 6.79. The average molecular weight is 357 g/mol. The van der Waals surface area contributed by atoms with Crippen molar-refractivity contribution in [3.05, 3.63) is 0 Å². The van der Waals surface area contributed by atoms with Gasteiger partial charge in [-0.05, 0) is 19.3 Å². The zero-order valence-electron chi connectivity index (χ0n) is 17.1. The molecule has 4 heteroatoms. The zero-order chi connectivity index (χ0) is 18.0.